The molecule has 10 heteroatoms. The van der Waals surface area contributed by atoms with Gasteiger partial charge in [0.2, 0.25) is 0 Å². The lowest BCUT2D eigenvalue weighted by Gasteiger charge is -2.13. The Kier molecular flexibility index (Phi) is 6.06. The average Bonchev–Trinajstić information content (AvgIpc) is 3.22. The Morgan fingerprint density at radius 1 is 1.30 bits per heavy atom. The highest BCUT2D eigenvalue weighted by Gasteiger charge is 2.37. The number of imide groups is 1. The van der Waals surface area contributed by atoms with Crippen molar-refractivity contribution < 1.29 is 28.5 Å². The highest BCUT2D eigenvalue weighted by atomic mass is 32.2. The maximum Gasteiger partial charge on any atom is 0.326 e. The standard InChI is InChI=1S/C20H18N2O7S/c1-11(2)28-18(23)10-21-19(24)17(30-20(21)25)9-14-6-7-16(29-14)13-5-4-12(3)15(8-13)22(26)27/h4-9,11H,10H2,1-3H3/b17-9+. The van der Waals surface area contributed by atoms with Crippen molar-refractivity contribution in [3.05, 3.63) is 56.7 Å². The molecule has 0 atom stereocenters. The van der Waals surface area contributed by atoms with Crippen LogP contribution in [0.1, 0.15) is 25.2 Å². The highest BCUT2D eigenvalue weighted by Crippen LogP contribution is 2.34. The molecule has 3 rings (SSSR count). The van der Waals surface area contributed by atoms with Crippen LogP contribution in [0.2, 0.25) is 0 Å². The van der Waals surface area contributed by atoms with Gasteiger partial charge in [0.05, 0.1) is 15.9 Å². The Labute approximate surface area is 175 Å². The zero-order valence-electron chi connectivity index (χ0n) is 16.4. The van der Waals surface area contributed by atoms with E-state index >= 15 is 0 Å². The molecule has 1 aliphatic rings. The van der Waals surface area contributed by atoms with Gasteiger partial charge in [-0.1, -0.05) is 12.1 Å². The smallest absolute Gasteiger partial charge is 0.326 e. The molecule has 0 radical (unpaired) electrons. The third-order valence-electron chi connectivity index (χ3n) is 4.12. The van der Waals surface area contributed by atoms with Crippen LogP contribution in [0.25, 0.3) is 17.4 Å². The lowest BCUT2D eigenvalue weighted by atomic mass is 10.1. The number of nitro groups is 1. The van der Waals surface area contributed by atoms with E-state index in [0.717, 1.165) is 4.90 Å². The summed E-state index contributed by atoms with van der Waals surface area (Å²) in [6, 6.07) is 7.93. The van der Waals surface area contributed by atoms with Gasteiger partial charge in [0.1, 0.15) is 18.1 Å². The van der Waals surface area contributed by atoms with E-state index in [1.165, 1.54) is 12.1 Å². The van der Waals surface area contributed by atoms with Crippen molar-refractivity contribution in [2.45, 2.75) is 26.9 Å². The largest absolute Gasteiger partial charge is 0.462 e. The Hall–Kier alpha value is -3.40. The second kappa shape index (κ2) is 8.54. The summed E-state index contributed by atoms with van der Waals surface area (Å²) in [5.41, 5.74) is 1.01. The van der Waals surface area contributed by atoms with Gasteiger partial charge in [-0.2, -0.15) is 0 Å². The van der Waals surface area contributed by atoms with Gasteiger partial charge in [-0.25, -0.2) is 0 Å². The van der Waals surface area contributed by atoms with Crippen molar-refractivity contribution in [3.63, 3.8) is 0 Å². The van der Waals surface area contributed by atoms with Crippen LogP contribution in [0.5, 0.6) is 0 Å². The van der Waals surface area contributed by atoms with Gasteiger partial charge in [-0.15, -0.1) is 0 Å². The second-order valence-electron chi connectivity index (χ2n) is 6.77. The molecule has 0 bridgehead atoms. The fourth-order valence-corrected chi connectivity index (χ4v) is 3.56. The third kappa shape index (κ3) is 4.60. The Morgan fingerprint density at radius 3 is 2.70 bits per heavy atom. The monoisotopic (exact) mass is 430 g/mol. The number of amides is 2. The number of nitro benzene ring substituents is 1. The molecule has 2 aromatic rings. The average molecular weight is 430 g/mol. The zero-order chi connectivity index (χ0) is 22.0. The van der Waals surface area contributed by atoms with Crippen LogP contribution in [-0.2, 0) is 14.3 Å². The van der Waals surface area contributed by atoms with Gasteiger partial charge in [0, 0.05) is 23.3 Å². The number of aryl methyl sites for hydroxylation is 1. The maximum atomic E-state index is 12.5. The normalized spacial score (nSPS) is 15.3. The van der Waals surface area contributed by atoms with Crippen molar-refractivity contribution >= 4 is 40.6 Å². The van der Waals surface area contributed by atoms with Crippen LogP contribution in [0.3, 0.4) is 0 Å². The van der Waals surface area contributed by atoms with Crippen molar-refractivity contribution in [1.82, 2.24) is 4.90 Å². The minimum atomic E-state index is -0.671. The number of furan rings is 1. The molecule has 0 saturated carbocycles. The first-order chi connectivity index (χ1) is 14.2. The summed E-state index contributed by atoms with van der Waals surface area (Å²) >= 11 is 0.692. The molecular formula is C20H18N2O7S. The molecule has 1 saturated heterocycles. The van der Waals surface area contributed by atoms with E-state index < -0.39 is 28.6 Å². The molecule has 156 valence electrons. The summed E-state index contributed by atoms with van der Waals surface area (Å²) in [5, 5.41) is 10.6. The summed E-state index contributed by atoms with van der Waals surface area (Å²) in [5.74, 6) is -0.614. The first-order valence-corrected chi connectivity index (χ1v) is 9.77. The summed E-state index contributed by atoms with van der Waals surface area (Å²) in [6.45, 7) is 4.52. The van der Waals surface area contributed by atoms with Crippen molar-refractivity contribution in [2.75, 3.05) is 6.54 Å². The van der Waals surface area contributed by atoms with E-state index in [9.17, 15) is 24.5 Å². The van der Waals surface area contributed by atoms with E-state index in [0.29, 0.717) is 34.4 Å². The predicted molar refractivity (Wildman–Crippen MR) is 109 cm³/mol. The minimum Gasteiger partial charge on any atom is -0.462 e. The first kappa shape index (κ1) is 21.3. The third-order valence-corrected chi connectivity index (χ3v) is 5.03. The van der Waals surface area contributed by atoms with E-state index in [-0.39, 0.29) is 16.7 Å². The number of rotatable bonds is 6. The highest BCUT2D eigenvalue weighted by molar-refractivity contribution is 8.18. The minimum absolute atomic E-state index is 0.0279. The number of carbonyl (C=O) groups excluding carboxylic acids is 3. The molecule has 2 amide bonds. The fraction of sp³-hybridized carbons (Fsp3) is 0.250. The summed E-state index contributed by atoms with van der Waals surface area (Å²) in [4.78, 5) is 47.9. The number of hydrogen-bond acceptors (Lipinski definition) is 8. The van der Waals surface area contributed by atoms with Crippen molar-refractivity contribution in [2.24, 2.45) is 0 Å². The molecule has 1 aliphatic heterocycles. The van der Waals surface area contributed by atoms with Gasteiger partial charge < -0.3 is 9.15 Å². The van der Waals surface area contributed by atoms with Gasteiger partial charge in [-0.05, 0) is 44.7 Å². The van der Waals surface area contributed by atoms with Gasteiger partial charge in [0.15, 0.2) is 0 Å². The molecule has 0 N–H and O–H groups in total. The molecular weight excluding hydrogens is 412 g/mol. The maximum absolute atomic E-state index is 12.5. The van der Waals surface area contributed by atoms with Crippen LogP contribution < -0.4 is 0 Å². The Bertz CT molecular complexity index is 1070. The Morgan fingerprint density at radius 2 is 2.03 bits per heavy atom. The van der Waals surface area contributed by atoms with Crippen LogP contribution in [0.4, 0.5) is 10.5 Å². The molecule has 9 nitrogen and oxygen atoms in total. The second-order valence-corrected chi connectivity index (χ2v) is 7.76. The first-order valence-electron chi connectivity index (χ1n) is 8.96. The molecule has 30 heavy (non-hydrogen) atoms. The van der Waals surface area contributed by atoms with E-state index in [2.05, 4.69) is 0 Å². The van der Waals surface area contributed by atoms with Crippen LogP contribution in [-0.4, -0.2) is 39.6 Å². The lowest BCUT2D eigenvalue weighted by molar-refractivity contribution is -0.385. The number of carbonyl (C=O) groups is 3. The molecule has 1 aromatic heterocycles. The molecule has 2 heterocycles. The number of thioether (sulfide) groups is 1. The fourth-order valence-electron chi connectivity index (χ4n) is 2.74. The number of hydrogen-bond donors (Lipinski definition) is 0. The molecule has 0 spiro atoms. The summed E-state index contributed by atoms with van der Waals surface area (Å²) < 4.78 is 10.6. The van der Waals surface area contributed by atoms with Crippen molar-refractivity contribution in [1.29, 1.82) is 0 Å². The number of benzene rings is 1. The zero-order valence-corrected chi connectivity index (χ0v) is 17.2. The topological polar surface area (TPSA) is 120 Å². The SMILES string of the molecule is Cc1ccc(-c2ccc(/C=C3/SC(=O)N(CC(=O)OC(C)C)C3=O)o2)cc1[N+](=O)[O-]. The number of esters is 1. The van der Waals surface area contributed by atoms with Crippen LogP contribution >= 0.6 is 11.8 Å². The number of nitrogens with zero attached hydrogens (tertiary/aromatic N) is 2. The predicted octanol–water partition coefficient (Wildman–Crippen LogP) is 4.15. The quantitative estimate of drug-likeness (QED) is 0.290. The number of ether oxygens (including phenoxy) is 1. The van der Waals surface area contributed by atoms with Gasteiger partial charge in [0.25, 0.3) is 16.8 Å². The van der Waals surface area contributed by atoms with Gasteiger partial charge >= 0.3 is 5.97 Å². The molecule has 0 unspecified atom stereocenters. The van der Waals surface area contributed by atoms with E-state index in [1.807, 2.05) is 0 Å². The summed E-state index contributed by atoms with van der Waals surface area (Å²) in [7, 11) is 0. The summed E-state index contributed by atoms with van der Waals surface area (Å²) in [6.07, 6.45) is 1.04. The molecule has 1 fully saturated rings. The van der Waals surface area contributed by atoms with Crippen LogP contribution in [0, 0.1) is 17.0 Å². The van der Waals surface area contributed by atoms with E-state index in [4.69, 9.17) is 9.15 Å². The Balaban J connectivity index is 1.79. The van der Waals surface area contributed by atoms with Gasteiger partial charge in [-0.3, -0.25) is 29.4 Å². The molecule has 0 aliphatic carbocycles. The lowest BCUT2D eigenvalue weighted by Crippen LogP contribution is -2.35. The molecule has 1 aromatic carbocycles. The van der Waals surface area contributed by atoms with Crippen molar-refractivity contribution in [3.8, 4) is 11.3 Å². The van der Waals surface area contributed by atoms with Crippen LogP contribution in [0.15, 0.2) is 39.7 Å². The van der Waals surface area contributed by atoms with E-state index in [1.54, 1.807) is 45.0 Å².